The van der Waals surface area contributed by atoms with Gasteiger partial charge in [0.15, 0.2) is 11.6 Å². The lowest BCUT2D eigenvalue weighted by molar-refractivity contribution is -0.139. The van der Waals surface area contributed by atoms with E-state index in [0.29, 0.717) is 12.1 Å². The molecule has 1 amide bonds. The Balaban J connectivity index is 0.00000342. The van der Waals surface area contributed by atoms with Gasteiger partial charge < -0.3 is 21.3 Å². The highest BCUT2D eigenvalue weighted by Crippen LogP contribution is 2.27. The SMILES string of the molecule is Nc1nc(Nc2ccc(F)cc2)nn1-c1ncc(F)c(N2CCC[C@@H]2C(=O)NCC(F)(F)F)n1.[HH].[HH].[HH].[HH]. The van der Waals surface area contributed by atoms with Crippen LogP contribution in [0, 0.1) is 11.6 Å². The second-order valence-corrected chi connectivity index (χ2v) is 7.36. The van der Waals surface area contributed by atoms with E-state index >= 15 is 0 Å². The van der Waals surface area contributed by atoms with Crippen LogP contribution in [0.2, 0.25) is 0 Å². The first kappa shape index (κ1) is 23.1. The van der Waals surface area contributed by atoms with E-state index in [9.17, 15) is 26.7 Å². The van der Waals surface area contributed by atoms with E-state index < -0.39 is 36.3 Å². The predicted molar refractivity (Wildman–Crippen MR) is 119 cm³/mol. The van der Waals surface area contributed by atoms with Crippen LogP contribution in [0.15, 0.2) is 30.5 Å². The van der Waals surface area contributed by atoms with Gasteiger partial charge in [0, 0.05) is 17.9 Å². The summed E-state index contributed by atoms with van der Waals surface area (Å²) in [5, 5.41) is 8.75. The highest BCUT2D eigenvalue weighted by Gasteiger charge is 2.36. The lowest BCUT2D eigenvalue weighted by Crippen LogP contribution is -2.46. The lowest BCUT2D eigenvalue weighted by Gasteiger charge is -2.25. The fourth-order valence-electron chi connectivity index (χ4n) is 3.44. The van der Waals surface area contributed by atoms with Gasteiger partial charge in [-0.1, -0.05) is 0 Å². The quantitative estimate of drug-likeness (QED) is 0.449. The molecule has 4 N–H and O–H groups in total. The van der Waals surface area contributed by atoms with Crippen LogP contribution in [0.1, 0.15) is 18.5 Å². The number of alkyl halides is 3. The molecule has 1 saturated heterocycles. The van der Waals surface area contributed by atoms with Crippen LogP contribution in [0.5, 0.6) is 0 Å². The summed E-state index contributed by atoms with van der Waals surface area (Å²) in [4.78, 5) is 25.5. The van der Waals surface area contributed by atoms with Crippen LogP contribution >= 0.6 is 0 Å². The Hall–Kier alpha value is -4.04. The first-order chi connectivity index (χ1) is 16.1. The van der Waals surface area contributed by atoms with Crippen LogP contribution in [0.3, 0.4) is 0 Å². The van der Waals surface area contributed by atoms with Gasteiger partial charge in [0.1, 0.15) is 18.4 Å². The van der Waals surface area contributed by atoms with Gasteiger partial charge in [-0.25, -0.2) is 13.8 Å². The fraction of sp³-hybridized carbons (Fsp3) is 0.316. The number of rotatable bonds is 6. The van der Waals surface area contributed by atoms with Crippen LogP contribution in [-0.2, 0) is 4.79 Å². The van der Waals surface area contributed by atoms with E-state index in [1.54, 1.807) is 0 Å². The highest BCUT2D eigenvalue weighted by molar-refractivity contribution is 5.85. The number of carbonyl (C=O) groups excluding carboxylic acids is 1. The van der Waals surface area contributed by atoms with Gasteiger partial charge in [-0.3, -0.25) is 4.79 Å². The maximum absolute atomic E-state index is 14.6. The Morgan fingerprint density at radius 3 is 2.65 bits per heavy atom. The van der Waals surface area contributed by atoms with E-state index in [2.05, 4.69) is 25.4 Å². The second-order valence-electron chi connectivity index (χ2n) is 7.36. The van der Waals surface area contributed by atoms with E-state index in [1.807, 2.05) is 5.32 Å². The number of nitrogens with one attached hydrogen (secondary N) is 2. The number of amides is 1. The molecule has 1 aromatic carbocycles. The number of nitrogen functional groups attached to an aromatic ring is 1. The van der Waals surface area contributed by atoms with Crippen LogP contribution in [-0.4, -0.2) is 55.9 Å². The summed E-state index contributed by atoms with van der Waals surface area (Å²) in [6.07, 6.45) is -3.06. The Morgan fingerprint density at radius 2 is 1.94 bits per heavy atom. The maximum Gasteiger partial charge on any atom is 0.405 e. The molecular weight excluding hydrogens is 465 g/mol. The van der Waals surface area contributed by atoms with Crippen molar-refractivity contribution in [2.24, 2.45) is 0 Å². The summed E-state index contributed by atoms with van der Waals surface area (Å²) >= 11 is 0. The molecule has 1 fully saturated rings. The van der Waals surface area contributed by atoms with Gasteiger partial charge >= 0.3 is 6.18 Å². The summed E-state index contributed by atoms with van der Waals surface area (Å²) in [6.45, 7) is -1.30. The van der Waals surface area contributed by atoms with Crippen molar-refractivity contribution >= 4 is 29.3 Å². The van der Waals surface area contributed by atoms with E-state index in [1.165, 1.54) is 29.2 Å². The molecule has 0 spiro atoms. The summed E-state index contributed by atoms with van der Waals surface area (Å²) in [5.41, 5.74) is 6.36. The van der Waals surface area contributed by atoms with Crippen LogP contribution in [0.4, 0.5) is 45.4 Å². The number of anilines is 4. The molecule has 2 aromatic heterocycles. The zero-order chi connectivity index (χ0) is 24.5. The first-order valence-corrected chi connectivity index (χ1v) is 10.00. The van der Waals surface area contributed by atoms with Gasteiger partial charge in [-0.2, -0.15) is 27.8 Å². The van der Waals surface area contributed by atoms with Crippen molar-refractivity contribution in [3.8, 4) is 5.95 Å². The standard InChI is InChI=1S/C19H18F5N9O.4H2/c20-10-3-5-11(6-4-10)28-17-30-16(25)33(31-17)18-26-8-12(21)14(29-18)32-7-1-2-13(32)15(34)27-9-19(22,23)24;;;;/h3-6,8,13H,1-2,7,9H2,(H,27,34)(H3,25,28,30,31);4*1H/t13-;;;;/m1..../s1. The summed E-state index contributed by atoms with van der Waals surface area (Å²) < 4.78 is 66.1. The topological polar surface area (TPSA) is 127 Å². The second kappa shape index (κ2) is 9.07. The van der Waals surface area contributed by atoms with Gasteiger partial charge in [0.25, 0.3) is 5.95 Å². The number of hydrogen-bond donors (Lipinski definition) is 3. The number of halogens is 5. The lowest BCUT2D eigenvalue weighted by atomic mass is 10.2. The normalized spacial score (nSPS) is 16.0. The summed E-state index contributed by atoms with van der Waals surface area (Å²) in [7, 11) is 0. The molecule has 34 heavy (non-hydrogen) atoms. The van der Waals surface area contributed by atoms with Crippen molar-refractivity contribution in [3.63, 3.8) is 0 Å². The van der Waals surface area contributed by atoms with Crippen molar-refractivity contribution in [2.45, 2.75) is 25.1 Å². The van der Waals surface area contributed by atoms with Crippen molar-refractivity contribution in [1.82, 2.24) is 30.0 Å². The molecule has 4 rings (SSSR count). The molecule has 1 aliphatic rings. The van der Waals surface area contributed by atoms with Gasteiger partial charge in [0.05, 0.1) is 6.20 Å². The molecule has 0 saturated carbocycles. The molecule has 0 bridgehead atoms. The van der Waals surface area contributed by atoms with Gasteiger partial charge in [-0.05, 0) is 37.1 Å². The average molecular weight is 491 g/mol. The van der Waals surface area contributed by atoms with Crippen molar-refractivity contribution < 1.29 is 32.5 Å². The average Bonchev–Trinajstić information content (AvgIpc) is 3.40. The van der Waals surface area contributed by atoms with Gasteiger partial charge in [0.2, 0.25) is 17.8 Å². The molecule has 0 unspecified atom stereocenters. The number of aromatic nitrogens is 5. The zero-order valence-corrected chi connectivity index (χ0v) is 17.4. The van der Waals surface area contributed by atoms with E-state index in [0.717, 1.165) is 10.9 Å². The third-order valence-electron chi connectivity index (χ3n) is 4.93. The Labute approximate surface area is 194 Å². The number of hydrogen-bond acceptors (Lipinski definition) is 8. The number of nitrogens with two attached hydrogens (primary N) is 1. The molecule has 3 aromatic rings. The molecular formula is C19H26F5N9O. The van der Waals surface area contributed by atoms with Crippen LogP contribution in [0.25, 0.3) is 5.95 Å². The molecule has 0 radical (unpaired) electrons. The van der Waals surface area contributed by atoms with Gasteiger partial charge in [-0.15, -0.1) is 5.10 Å². The van der Waals surface area contributed by atoms with Crippen LogP contribution < -0.4 is 21.3 Å². The summed E-state index contributed by atoms with van der Waals surface area (Å²) in [5.74, 6) is -2.76. The Morgan fingerprint density at radius 1 is 1.21 bits per heavy atom. The van der Waals surface area contributed by atoms with E-state index in [4.69, 9.17) is 5.73 Å². The minimum absolute atomic E-state index is 0. The summed E-state index contributed by atoms with van der Waals surface area (Å²) in [6, 6.07) is 4.33. The zero-order valence-electron chi connectivity index (χ0n) is 17.4. The molecule has 3 heterocycles. The molecule has 0 aliphatic carbocycles. The predicted octanol–water partition coefficient (Wildman–Crippen LogP) is 3.29. The molecule has 1 atom stereocenters. The third kappa shape index (κ3) is 5.13. The first-order valence-electron chi connectivity index (χ1n) is 10.00. The fourth-order valence-corrected chi connectivity index (χ4v) is 3.44. The third-order valence-corrected chi connectivity index (χ3v) is 4.93. The Kier molecular flexibility index (Phi) is 6.17. The Bertz CT molecular complexity index is 1200. The minimum atomic E-state index is -4.57. The molecule has 10 nitrogen and oxygen atoms in total. The molecule has 188 valence electrons. The van der Waals surface area contributed by atoms with E-state index in [-0.39, 0.29) is 42.3 Å². The molecule has 1 aliphatic heterocycles. The maximum atomic E-state index is 14.6. The van der Waals surface area contributed by atoms with Crippen molar-refractivity contribution in [1.29, 1.82) is 0 Å². The smallest absolute Gasteiger partial charge is 0.368 e. The number of carbonyl (C=O) groups is 1. The van der Waals surface area contributed by atoms with Crippen molar-refractivity contribution in [2.75, 3.05) is 29.0 Å². The van der Waals surface area contributed by atoms with Crippen molar-refractivity contribution in [3.05, 3.63) is 42.1 Å². The monoisotopic (exact) mass is 491 g/mol. The highest BCUT2D eigenvalue weighted by atomic mass is 19.4. The number of benzene rings is 1. The minimum Gasteiger partial charge on any atom is -0.368 e. The number of nitrogens with zero attached hydrogens (tertiary/aromatic N) is 6. The molecule has 15 heteroatoms. The largest absolute Gasteiger partial charge is 0.405 e.